The molecule has 1 atom stereocenters. The molecule has 34 heavy (non-hydrogen) atoms. The molecule has 2 amide bonds. The van der Waals surface area contributed by atoms with Crippen LogP contribution in [-0.2, 0) is 22.3 Å². The van der Waals surface area contributed by atoms with Crippen molar-refractivity contribution < 1.29 is 23.9 Å². The Balaban J connectivity index is 1.54. The fraction of sp³-hybridized carbons (Fsp3) is 0.444. The van der Waals surface area contributed by atoms with E-state index in [-0.39, 0.29) is 12.0 Å². The van der Waals surface area contributed by atoms with E-state index in [4.69, 9.17) is 9.47 Å². The zero-order valence-corrected chi connectivity index (χ0v) is 20.3. The number of benzene rings is 2. The smallest absolute Gasteiger partial charge is 0.422 e. The Labute approximate surface area is 200 Å². The average Bonchev–Trinajstić information content (AvgIpc) is 2.95. The Bertz CT molecular complexity index is 1090. The normalized spacial score (nSPS) is 17.8. The number of rotatable bonds is 1. The summed E-state index contributed by atoms with van der Waals surface area (Å²) in [5.74, 6) is -0.522. The molecule has 7 heteroatoms. The first-order chi connectivity index (χ1) is 16.1. The van der Waals surface area contributed by atoms with Gasteiger partial charge in [0.2, 0.25) is 0 Å². The maximum atomic E-state index is 12.9. The van der Waals surface area contributed by atoms with Gasteiger partial charge in [-0.05, 0) is 80.8 Å². The molecule has 2 heterocycles. The van der Waals surface area contributed by atoms with E-state index in [9.17, 15) is 14.4 Å². The number of esters is 1. The number of carbonyl (C=O) groups excluding carboxylic acids is 3. The van der Waals surface area contributed by atoms with Crippen LogP contribution >= 0.6 is 0 Å². The van der Waals surface area contributed by atoms with Crippen LogP contribution in [0.1, 0.15) is 67.1 Å². The summed E-state index contributed by atoms with van der Waals surface area (Å²) in [7, 11) is 0. The van der Waals surface area contributed by atoms with Gasteiger partial charge in [0.15, 0.2) is 0 Å². The lowest BCUT2D eigenvalue weighted by Crippen LogP contribution is -2.38. The molecular formula is C27H32N2O5. The van der Waals surface area contributed by atoms with Crippen molar-refractivity contribution in [2.24, 2.45) is 0 Å². The van der Waals surface area contributed by atoms with Gasteiger partial charge in [0.25, 0.3) is 0 Å². The van der Waals surface area contributed by atoms with Crippen molar-refractivity contribution in [2.45, 2.75) is 58.5 Å². The second-order valence-corrected chi connectivity index (χ2v) is 10.0. The summed E-state index contributed by atoms with van der Waals surface area (Å²) in [5.41, 5.74) is 3.94. The number of amides is 2. The van der Waals surface area contributed by atoms with Gasteiger partial charge < -0.3 is 14.4 Å². The predicted octanol–water partition coefficient (Wildman–Crippen LogP) is 5.31. The Morgan fingerprint density at radius 1 is 0.941 bits per heavy atom. The molecule has 0 saturated carbocycles. The summed E-state index contributed by atoms with van der Waals surface area (Å²) in [5, 5.41) is 0. The number of aryl methyl sites for hydroxylation is 1. The van der Waals surface area contributed by atoms with Gasteiger partial charge in [-0.1, -0.05) is 31.2 Å². The van der Waals surface area contributed by atoms with E-state index in [1.807, 2.05) is 26.8 Å². The van der Waals surface area contributed by atoms with Crippen LogP contribution in [0.4, 0.5) is 15.3 Å². The van der Waals surface area contributed by atoms with Gasteiger partial charge in [0, 0.05) is 19.6 Å². The molecule has 7 nitrogen and oxygen atoms in total. The molecule has 2 aliphatic rings. The molecule has 2 aromatic carbocycles. The van der Waals surface area contributed by atoms with Crippen LogP contribution < -0.4 is 4.90 Å². The minimum absolute atomic E-state index is 0.136. The van der Waals surface area contributed by atoms with Crippen LogP contribution in [0.5, 0.6) is 0 Å². The van der Waals surface area contributed by atoms with Crippen LogP contribution in [0, 0.1) is 0 Å². The Morgan fingerprint density at radius 3 is 2.38 bits per heavy atom. The summed E-state index contributed by atoms with van der Waals surface area (Å²) >= 11 is 0. The van der Waals surface area contributed by atoms with Gasteiger partial charge in [-0.3, -0.25) is 4.90 Å². The van der Waals surface area contributed by atoms with Crippen molar-refractivity contribution >= 4 is 23.8 Å². The van der Waals surface area contributed by atoms with Crippen LogP contribution in [0.25, 0.3) is 0 Å². The van der Waals surface area contributed by atoms with Gasteiger partial charge in [0.1, 0.15) is 5.60 Å². The van der Waals surface area contributed by atoms with Gasteiger partial charge in [-0.25, -0.2) is 14.4 Å². The number of carbonyl (C=O) groups is 3. The molecule has 0 bridgehead atoms. The second-order valence-electron chi connectivity index (χ2n) is 10.0. The second kappa shape index (κ2) is 9.49. The fourth-order valence-corrected chi connectivity index (χ4v) is 4.60. The van der Waals surface area contributed by atoms with E-state index in [2.05, 4.69) is 13.0 Å². The lowest BCUT2D eigenvalue weighted by Gasteiger charge is -2.30. The lowest BCUT2D eigenvalue weighted by atomic mass is 9.89. The largest absolute Gasteiger partial charge is 0.444 e. The average molecular weight is 465 g/mol. The van der Waals surface area contributed by atoms with Gasteiger partial charge in [-0.2, -0.15) is 0 Å². The molecule has 0 spiro atoms. The Kier molecular flexibility index (Phi) is 6.64. The summed E-state index contributed by atoms with van der Waals surface area (Å²) in [6, 6.07) is 12.7. The van der Waals surface area contributed by atoms with Crippen LogP contribution in [0.2, 0.25) is 0 Å². The molecule has 0 saturated heterocycles. The monoisotopic (exact) mass is 464 g/mol. The first-order valence-electron chi connectivity index (χ1n) is 11.8. The van der Waals surface area contributed by atoms with Crippen LogP contribution in [0.15, 0.2) is 42.5 Å². The topological polar surface area (TPSA) is 76.2 Å². The third-order valence-electron chi connectivity index (χ3n) is 6.20. The van der Waals surface area contributed by atoms with E-state index in [0.29, 0.717) is 31.6 Å². The van der Waals surface area contributed by atoms with Crippen molar-refractivity contribution in [3.63, 3.8) is 0 Å². The summed E-state index contributed by atoms with van der Waals surface area (Å²) in [4.78, 5) is 41.3. The van der Waals surface area contributed by atoms with Crippen molar-refractivity contribution in [3.8, 4) is 0 Å². The van der Waals surface area contributed by atoms with Gasteiger partial charge >= 0.3 is 18.2 Å². The number of hydrogen-bond donors (Lipinski definition) is 0. The zero-order chi connectivity index (χ0) is 24.5. The quantitative estimate of drug-likeness (QED) is 0.422. The molecule has 1 unspecified atom stereocenters. The molecule has 180 valence electrons. The summed E-state index contributed by atoms with van der Waals surface area (Å²) in [6.07, 6.45) is 1.34. The number of nitrogens with zero attached hydrogens (tertiary/aromatic N) is 2. The van der Waals surface area contributed by atoms with Crippen molar-refractivity contribution in [3.05, 3.63) is 64.7 Å². The minimum atomic E-state index is -0.660. The number of fused-ring (bicyclic) bond motifs is 2. The van der Waals surface area contributed by atoms with E-state index >= 15 is 0 Å². The fourth-order valence-electron chi connectivity index (χ4n) is 4.60. The highest BCUT2D eigenvalue weighted by molar-refractivity contribution is 6.01. The Morgan fingerprint density at radius 2 is 1.68 bits per heavy atom. The molecule has 2 aromatic rings. The Hall–Kier alpha value is -3.35. The summed E-state index contributed by atoms with van der Waals surface area (Å²) in [6.45, 7) is 9.33. The van der Waals surface area contributed by atoms with Crippen LogP contribution in [0.3, 0.4) is 0 Å². The lowest BCUT2D eigenvalue weighted by molar-refractivity contribution is 0.0248. The SMILES string of the molecule is CC1CN(C(=O)OC(C)(C)C)CCc2cc3c(cc21)CCCN3C(=O)OC(=O)c1ccccc1. The first-order valence-corrected chi connectivity index (χ1v) is 11.8. The van der Waals surface area contributed by atoms with Gasteiger partial charge in [0.05, 0.1) is 11.3 Å². The third-order valence-corrected chi connectivity index (χ3v) is 6.20. The summed E-state index contributed by atoms with van der Waals surface area (Å²) < 4.78 is 10.8. The number of anilines is 1. The molecule has 0 radical (unpaired) electrons. The van der Waals surface area contributed by atoms with Crippen molar-refractivity contribution in [1.29, 1.82) is 0 Å². The predicted molar refractivity (Wildman–Crippen MR) is 129 cm³/mol. The maximum Gasteiger partial charge on any atom is 0.422 e. The molecule has 4 rings (SSSR count). The standard InChI is InChI=1S/C27H32N2O5/c1-18-17-28(25(31)34-27(2,3)4)14-12-20-16-23-21(15-22(18)20)11-8-13-29(23)26(32)33-24(30)19-9-6-5-7-10-19/h5-7,9-10,15-16,18H,8,11-14,17H2,1-4H3. The highest BCUT2D eigenvalue weighted by atomic mass is 16.6. The molecule has 0 aliphatic carbocycles. The molecule has 2 aliphatic heterocycles. The third kappa shape index (κ3) is 5.24. The first kappa shape index (κ1) is 23.8. The van der Waals surface area contributed by atoms with E-state index in [1.54, 1.807) is 40.1 Å². The zero-order valence-electron chi connectivity index (χ0n) is 20.3. The number of ether oxygens (including phenoxy) is 2. The van der Waals surface area contributed by atoms with Crippen molar-refractivity contribution in [2.75, 3.05) is 24.5 Å². The molecule has 0 aromatic heterocycles. The molecule has 0 N–H and O–H groups in total. The maximum absolute atomic E-state index is 12.9. The van der Waals surface area contributed by atoms with Crippen molar-refractivity contribution in [1.82, 2.24) is 4.90 Å². The molecular weight excluding hydrogens is 432 g/mol. The van der Waals surface area contributed by atoms with E-state index in [1.165, 1.54) is 5.56 Å². The molecule has 0 fully saturated rings. The number of hydrogen-bond acceptors (Lipinski definition) is 5. The highest BCUT2D eigenvalue weighted by Crippen LogP contribution is 2.35. The van der Waals surface area contributed by atoms with Crippen LogP contribution in [-0.4, -0.2) is 48.3 Å². The van der Waals surface area contributed by atoms with E-state index < -0.39 is 17.7 Å². The van der Waals surface area contributed by atoms with Gasteiger partial charge in [-0.15, -0.1) is 0 Å². The highest BCUT2D eigenvalue weighted by Gasteiger charge is 2.31. The minimum Gasteiger partial charge on any atom is -0.444 e. The van der Waals surface area contributed by atoms with E-state index in [0.717, 1.165) is 29.7 Å².